The van der Waals surface area contributed by atoms with E-state index >= 15 is 0 Å². The minimum Gasteiger partial charge on any atom is -0.391 e. The van der Waals surface area contributed by atoms with Gasteiger partial charge in [0.05, 0.1) is 12.3 Å². The number of hydrogen-bond acceptors (Lipinski definition) is 4. The number of amides is 1. The molecule has 0 aliphatic carbocycles. The normalized spacial score (nSPS) is 25.0. The fourth-order valence-electron chi connectivity index (χ4n) is 2.02. The van der Waals surface area contributed by atoms with Gasteiger partial charge in [-0.2, -0.15) is 5.10 Å². The monoisotopic (exact) mass is 238 g/mol. The van der Waals surface area contributed by atoms with Crippen molar-refractivity contribution in [1.82, 2.24) is 14.7 Å². The van der Waals surface area contributed by atoms with E-state index < -0.39 is 6.10 Å². The summed E-state index contributed by atoms with van der Waals surface area (Å²) in [5, 5.41) is 13.7. The molecule has 2 heterocycles. The summed E-state index contributed by atoms with van der Waals surface area (Å²) in [7, 11) is 1.69. The van der Waals surface area contributed by atoms with Crippen molar-refractivity contribution in [2.75, 3.05) is 18.8 Å². The summed E-state index contributed by atoms with van der Waals surface area (Å²) in [5.74, 6) is 0.454. The fraction of sp³-hybridized carbons (Fsp3) is 0.636. The molecule has 2 rings (SSSR count). The van der Waals surface area contributed by atoms with E-state index in [2.05, 4.69) is 5.10 Å². The first-order chi connectivity index (χ1) is 8.00. The number of nitrogen functional groups attached to an aromatic ring is 1. The van der Waals surface area contributed by atoms with Crippen LogP contribution in [-0.4, -0.2) is 44.9 Å². The van der Waals surface area contributed by atoms with Crippen molar-refractivity contribution in [3.05, 3.63) is 11.8 Å². The van der Waals surface area contributed by atoms with Gasteiger partial charge in [-0.25, -0.2) is 0 Å². The summed E-state index contributed by atoms with van der Waals surface area (Å²) in [5.41, 5.74) is 6.17. The molecular weight excluding hydrogens is 220 g/mol. The van der Waals surface area contributed by atoms with Gasteiger partial charge in [-0.3, -0.25) is 9.48 Å². The number of hydrogen-bond donors (Lipinski definition) is 2. The lowest BCUT2D eigenvalue weighted by atomic mass is 9.96. The number of likely N-dealkylation sites (tertiary alicyclic amines) is 1. The van der Waals surface area contributed by atoms with Gasteiger partial charge in [0, 0.05) is 20.1 Å². The zero-order chi connectivity index (χ0) is 12.6. The van der Waals surface area contributed by atoms with E-state index in [0.717, 1.165) is 6.42 Å². The Bertz CT molecular complexity index is 429. The van der Waals surface area contributed by atoms with Gasteiger partial charge < -0.3 is 15.7 Å². The van der Waals surface area contributed by atoms with Gasteiger partial charge in [0.1, 0.15) is 11.4 Å². The van der Waals surface area contributed by atoms with Crippen LogP contribution in [0.5, 0.6) is 0 Å². The first kappa shape index (κ1) is 11.9. The molecule has 0 aromatic carbocycles. The van der Waals surface area contributed by atoms with Gasteiger partial charge >= 0.3 is 0 Å². The van der Waals surface area contributed by atoms with Crippen LogP contribution in [0.2, 0.25) is 0 Å². The Balaban J connectivity index is 2.13. The molecule has 94 valence electrons. The number of carbonyl (C=O) groups is 1. The number of piperidine rings is 1. The highest BCUT2D eigenvalue weighted by Crippen LogP contribution is 2.20. The van der Waals surface area contributed by atoms with E-state index in [1.165, 1.54) is 10.9 Å². The number of rotatable bonds is 1. The maximum atomic E-state index is 12.2. The third-order valence-corrected chi connectivity index (χ3v) is 3.42. The minimum atomic E-state index is -0.453. The van der Waals surface area contributed by atoms with E-state index in [4.69, 9.17) is 5.73 Å². The van der Waals surface area contributed by atoms with Crippen molar-refractivity contribution in [1.29, 1.82) is 0 Å². The number of aromatic nitrogens is 2. The molecule has 6 nitrogen and oxygen atoms in total. The third kappa shape index (κ3) is 2.12. The highest BCUT2D eigenvalue weighted by molar-refractivity contribution is 5.98. The number of anilines is 1. The molecule has 0 saturated carbocycles. The van der Waals surface area contributed by atoms with Gasteiger partial charge in [0.25, 0.3) is 5.91 Å². The Kier molecular flexibility index (Phi) is 3.06. The lowest BCUT2D eigenvalue weighted by Crippen LogP contribution is -2.45. The third-order valence-electron chi connectivity index (χ3n) is 3.42. The van der Waals surface area contributed by atoms with Crippen LogP contribution >= 0.6 is 0 Å². The van der Waals surface area contributed by atoms with Crippen molar-refractivity contribution in [3.8, 4) is 0 Å². The van der Waals surface area contributed by atoms with Crippen LogP contribution in [0.25, 0.3) is 0 Å². The van der Waals surface area contributed by atoms with E-state index in [1.54, 1.807) is 11.9 Å². The average molecular weight is 238 g/mol. The molecule has 1 aliphatic heterocycles. The summed E-state index contributed by atoms with van der Waals surface area (Å²) < 4.78 is 1.47. The molecule has 0 radical (unpaired) electrons. The van der Waals surface area contributed by atoms with Crippen molar-refractivity contribution in [3.63, 3.8) is 0 Å². The zero-order valence-corrected chi connectivity index (χ0v) is 10.1. The Labute approximate surface area is 100 Å². The molecule has 1 fully saturated rings. The first-order valence-corrected chi connectivity index (χ1v) is 5.75. The SMILES string of the molecule is CC1CCN(C(=O)c2cnn(C)c2N)CC1O. The van der Waals surface area contributed by atoms with Gasteiger partial charge in [-0.1, -0.05) is 6.92 Å². The number of nitrogens with two attached hydrogens (primary N) is 1. The standard InChI is InChI=1S/C11H18N4O2/c1-7-3-4-15(6-9(7)16)11(17)8-5-13-14(2)10(8)12/h5,7,9,16H,3-4,6,12H2,1-2H3. The molecule has 17 heavy (non-hydrogen) atoms. The van der Waals surface area contributed by atoms with Crippen LogP contribution in [0.1, 0.15) is 23.7 Å². The van der Waals surface area contributed by atoms with E-state index in [9.17, 15) is 9.90 Å². The van der Waals surface area contributed by atoms with Crippen molar-refractivity contribution in [2.45, 2.75) is 19.4 Å². The Hall–Kier alpha value is -1.56. The zero-order valence-electron chi connectivity index (χ0n) is 10.1. The van der Waals surface area contributed by atoms with Gasteiger partial charge in [-0.05, 0) is 12.3 Å². The summed E-state index contributed by atoms with van der Waals surface area (Å²) in [6.07, 6.45) is 1.83. The molecule has 0 spiro atoms. The van der Waals surface area contributed by atoms with Gasteiger partial charge in [0.15, 0.2) is 0 Å². The van der Waals surface area contributed by atoms with E-state index in [-0.39, 0.29) is 11.8 Å². The molecule has 1 aromatic rings. The molecule has 1 aliphatic rings. The minimum absolute atomic E-state index is 0.151. The second-order valence-electron chi connectivity index (χ2n) is 4.65. The number of aliphatic hydroxyl groups excluding tert-OH is 1. The first-order valence-electron chi connectivity index (χ1n) is 5.75. The number of aliphatic hydroxyl groups is 1. The predicted molar refractivity (Wildman–Crippen MR) is 63.3 cm³/mol. The van der Waals surface area contributed by atoms with E-state index in [0.29, 0.717) is 24.5 Å². The van der Waals surface area contributed by atoms with Crippen LogP contribution in [-0.2, 0) is 7.05 Å². The lowest BCUT2D eigenvalue weighted by Gasteiger charge is -2.34. The number of carbonyl (C=O) groups excluding carboxylic acids is 1. The van der Waals surface area contributed by atoms with Crippen molar-refractivity contribution >= 4 is 11.7 Å². The Morgan fingerprint density at radius 1 is 1.65 bits per heavy atom. The largest absolute Gasteiger partial charge is 0.391 e. The van der Waals surface area contributed by atoms with Crippen molar-refractivity contribution < 1.29 is 9.90 Å². The molecule has 0 bridgehead atoms. The van der Waals surface area contributed by atoms with Crippen LogP contribution in [0, 0.1) is 5.92 Å². The smallest absolute Gasteiger partial charge is 0.259 e. The molecule has 2 unspecified atom stereocenters. The molecule has 1 aromatic heterocycles. The quantitative estimate of drug-likeness (QED) is 0.712. The summed E-state index contributed by atoms with van der Waals surface area (Å²) >= 11 is 0. The molecule has 3 N–H and O–H groups in total. The fourth-order valence-corrected chi connectivity index (χ4v) is 2.02. The number of aryl methyl sites for hydroxylation is 1. The topological polar surface area (TPSA) is 84.4 Å². The number of nitrogens with zero attached hydrogens (tertiary/aromatic N) is 3. The van der Waals surface area contributed by atoms with Gasteiger partial charge in [-0.15, -0.1) is 0 Å². The average Bonchev–Trinajstić information content (AvgIpc) is 2.63. The van der Waals surface area contributed by atoms with Crippen LogP contribution in [0.4, 0.5) is 5.82 Å². The molecule has 2 atom stereocenters. The van der Waals surface area contributed by atoms with Crippen molar-refractivity contribution in [2.24, 2.45) is 13.0 Å². The lowest BCUT2D eigenvalue weighted by molar-refractivity contribution is 0.0249. The highest BCUT2D eigenvalue weighted by atomic mass is 16.3. The highest BCUT2D eigenvalue weighted by Gasteiger charge is 2.29. The summed E-state index contributed by atoms with van der Waals surface area (Å²) in [6, 6.07) is 0. The molecular formula is C11H18N4O2. The van der Waals surface area contributed by atoms with Crippen LogP contribution in [0.15, 0.2) is 6.20 Å². The molecule has 6 heteroatoms. The van der Waals surface area contributed by atoms with Gasteiger partial charge in [0.2, 0.25) is 0 Å². The van der Waals surface area contributed by atoms with Crippen LogP contribution in [0.3, 0.4) is 0 Å². The second kappa shape index (κ2) is 4.37. The maximum Gasteiger partial charge on any atom is 0.259 e. The van der Waals surface area contributed by atoms with E-state index in [1.807, 2.05) is 6.92 Å². The predicted octanol–water partition coefficient (Wildman–Crippen LogP) is -0.155. The molecule has 1 saturated heterocycles. The van der Waals surface area contributed by atoms with Crippen LogP contribution < -0.4 is 5.73 Å². The Morgan fingerprint density at radius 3 is 2.88 bits per heavy atom. The summed E-state index contributed by atoms with van der Waals surface area (Å²) in [6.45, 7) is 3.02. The summed E-state index contributed by atoms with van der Waals surface area (Å²) in [4.78, 5) is 13.8. The molecule has 1 amide bonds. The Morgan fingerprint density at radius 2 is 2.35 bits per heavy atom. The maximum absolute atomic E-state index is 12.2. The second-order valence-corrected chi connectivity index (χ2v) is 4.65. The number of β-amino-alcohol motifs (C(OH)–C–C–N with tert-alkyl or cyclic N) is 1.